The molecule has 0 aliphatic carbocycles. The smallest absolute Gasteiger partial charge is 0.255 e. The normalized spacial score (nSPS) is 15.8. The molecule has 3 aromatic rings. The van der Waals surface area contributed by atoms with E-state index in [-0.39, 0.29) is 11.9 Å². The molecule has 5 heteroatoms. The van der Waals surface area contributed by atoms with E-state index >= 15 is 0 Å². The number of piperazine rings is 1. The summed E-state index contributed by atoms with van der Waals surface area (Å²) in [5.41, 5.74) is 4.48. The first-order chi connectivity index (χ1) is 14.1. The quantitative estimate of drug-likeness (QED) is 0.688. The molecule has 0 saturated carbocycles. The molecule has 0 N–H and O–H groups in total. The maximum atomic E-state index is 13.2. The molecule has 146 valence electrons. The Labute approximate surface area is 171 Å². The molecule has 0 unspecified atom stereocenters. The van der Waals surface area contributed by atoms with Crippen molar-refractivity contribution in [1.82, 2.24) is 14.8 Å². The minimum atomic E-state index is -0.277. The number of nitriles is 1. The van der Waals surface area contributed by atoms with Crippen LogP contribution in [0.2, 0.25) is 0 Å². The number of fused-ring (bicyclic) bond motifs is 1. The summed E-state index contributed by atoms with van der Waals surface area (Å²) in [6.07, 6.45) is 0. The standard InChI is InChI=1S/C24H24N4O/c1-17-8-9-22-20(14-17)15-21(18(2)26-22)24(29)28-12-10-27(11-13-28)23(16-25)19-6-4-3-5-7-19/h3-9,14-15,23H,10-13H2,1-2H3/t23-/m0/s1. The van der Waals surface area contributed by atoms with Crippen LogP contribution in [0.1, 0.15) is 33.2 Å². The van der Waals surface area contributed by atoms with Gasteiger partial charge < -0.3 is 4.90 Å². The lowest BCUT2D eigenvalue weighted by Crippen LogP contribution is -2.49. The largest absolute Gasteiger partial charge is 0.336 e. The summed E-state index contributed by atoms with van der Waals surface area (Å²) >= 11 is 0. The van der Waals surface area contributed by atoms with Crippen LogP contribution in [0.4, 0.5) is 0 Å². The number of rotatable bonds is 3. The highest BCUT2D eigenvalue weighted by molar-refractivity contribution is 5.98. The van der Waals surface area contributed by atoms with Crippen LogP contribution in [-0.2, 0) is 0 Å². The first-order valence-corrected chi connectivity index (χ1v) is 9.93. The summed E-state index contributed by atoms with van der Waals surface area (Å²) in [4.78, 5) is 21.8. The molecule has 29 heavy (non-hydrogen) atoms. The average Bonchev–Trinajstić information content (AvgIpc) is 2.75. The number of benzene rings is 2. The number of aryl methyl sites for hydroxylation is 2. The number of hydrogen-bond donors (Lipinski definition) is 0. The minimum absolute atomic E-state index is 0.0197. The molecule has 1 atom stereocenters. The Bertz CT molecular complexity index is 1080. The monoisotopic (exact) mass is 384 g/mol. The van der Waals surface area contributed by atoms with Crippen LogP contribution in [0.15, 0.2) is 54.6 Å². The van der Waals surface area contributed by atoms with Gasteiger partial charge in [0.25, 0.3) is 5.91 Å². The third-order valence-corrected chi connectivity index (χ3v) is 5.60. The molecule has 1 saturated heterocycles. The topological polar surface area (TPSA) is 60.2 Å². The van der Waals surface area contributed by atoms with Crippen molar-refractivity contribution in [3.63, 3.8) is 0 Å². The Morgan fingerprint density at radius 1 is 1.03 bits per heavy atom. The van der Waals surface area contributed by atoms with E-state index in [1.165, 1.54) is 0 Å². The van der Waals surface area contributed by atoms with E-state index in [9.17, 15) is 10.1 Å². The van der Waals surface area contributed by atoms with Gasteiger partial charge in [0.15, 0.2) is 0 Å². The number of aromatic nitrogens is 1. The van der Waals surface area contributed by atoms with Crippen molar-refractivity contribution >= 4 is 16.8 Å². The van der Waals surface area contributed by atoms with Gasteiger partial charge in [0.2, 0.25) is 0 Å². The molecule has 2 heterocycles. The van der Waals surface area contributed by atoms with Gasteiger partial charge in [-0.05, 0) is 37.6 Å². The van der Waals surface area contributed by atoms with E-state index in [4.69, 9.17) is 0 Å². The lowest BCUT2D eigenvalue weighted by atomic mass is 10.0. The van der Waals surface area contributed by atoms with Crippen LogP contribution in [0, 0.1) is 25.2 Å². The van der Waals surface area contributed by atoms with Crippen LogP contribution in [-0.4, -0.2) is 46.9 Å². The third kappa shape index (κ3) is 3.85. The molecule has 1 aliphatic heterocycles. The molecule has 1 aromatic heterocycles. The van der Waals surface area contributed by atoms with Crippen molar-refractivity contribution in [2.45, 2.75) is 19.9 Å². The van der Waals surface area contributed by atoms with Crippen LogP contribution < -0.4 is 0 Å². The highest BCUT2D eigenvalue weighted by atomic mass is 16.2. The minimum Gasteiger partial charge on any atom is -0.336 e. The molecular formula is C24H24N4O. The zero-order chi connectivity index (χ0) is 20.4. The summed E-state index contributed by atoms with van der Waals surface area (Å²) in [6.45, 7) is 6.50. The number of carbonyl (C=O) groups excluding carboxylic acids is 1. The van der Waals surface area contributed by atoms with E-state index < -0.39 is 0 Å². The molecule has 0 bridgehead atoms. The predicted molar refractivity (Wildman–Crippen MR) is 113 cm³/mol. The summed E-state index contributed by atoms with van der Waals surface area (Å²) in [7, 11) is 0. The highest BCUT2D eigenvalue weighted by Gasteiger charge is 2.28. The summed E-state index contributed by atoms with van der Waals surface area (Å²) in [5, 5.41) is 10.7. The lowest BCUT2D eigenvalue weighted by molar-refractivity contribution is 0.0605. The second kappa shape index (κ2) is 8.02. The first-order valence-electron chi connectivity index (χ1n) is 9.93. The number of amides is 1. The Kier molecular flexibility index (Phi) is 5.28. The van der Waals surface area contributed by atoms with Crippen molar-refractivity contribution in [3.8, 4) is 6.07 Å². The number of hydrogen-bond acceptors (Lipinski definition) is 4. The second-order valence-corrected chi connectivity index (χ2v) is 7.59. The molecule has 5 nitrogen and oxygen atoms in total. The van der Waals surface area contributed by atoms with E-state index in [1.54, 1.807) is 0 Å². The molecule has 0 spiro atoms. The molecule has 1 aliphatic rings. The van der Waals surface area contributed by atoms with Crippen LogP contribution in [0.25, 0.3) is 10.9 Å². The van der Waals surface area contributed by atoms with Crippen molar-refractivity contribution in [3.05, 3.63) is 77.0 Å². The second-order valence-electron chi connectivity index (χ2n) is 7.59. The van der Waals surface area contributed by atoms with Gasteiger partial charge in [-0.25, -0.2) is 0 Å². The molecule has 1 fully saturated rings. The highest BCUT2D eigenvalue weighted by Crippen LogP contribution is 2.23. The maximum Gasteiger partial charge on any atom is 0.255 e. The number of pyridine rings is 1. The fraction of sp³-hybridized carbons (Fsp3) is 0.292. The van der Waals surface area contributed by atoms with E-state index in [0.717, 1.165) is 27.7 Å². The Morgan fingerprint density at radius 2 is 1.76 bits per heavy atom. The van der Waals surface area contributed by atoms with Gasteiger partial charge in [-0.3, -0.25) is 14.7 Å². The van der Waals surface area contributed by atoms with Crippen molar-refractivity contribution in [2.24, 2.45) is 0 Å². The average molecular weight is 384 g/mol. The Morgan fingerprint density at radius 3 is 2.45 bits per heavy atom. The Hall–Kier alpha value is -3.23. The summed E-state index contributed by atoms with van der Waals surface area (Å²) in [5.74, 6) is 0.0197. The summed E-state index contributed by atoms with van der Waals surface area (Å²) < 4.78 is 0. The Balaban J connectivity index is 1.50. The van der Waals surface area contributed by atoms with Crippen LogP contribution >= 0.6 is 0 Å². The summed E-state index contributed by atoms with van der Waals surface area (Å²) in [6, 6.07) is 20.0. The fourth-order valence-electron chi connectivity index (χ4n) is 3.96. The van der Waals surface area contributed by atoms with Crippen molar-refractivity contribution in [2.75, 3.05) is 26.2 Å². The zero-order valence-corrected chi connectivity index (χ0v) is 16.8. The van der Waals surface area contributed by atoms with Gasteiger partial charge in [-0.2, -0.15) is 5.26 Å². The van der Waals surface area contributed by atoms with Crippen molar-refractivity contribution < 1.29 is 4.79 Å². The van der Waals surface area contributed by atoms with Gasteiger partial charge in [-0.1, -0.05) is 42.0 Å². The van der Waals surface area contributed by atoms with Gasteiger partial charge in [0.1, 0.15) is 6.04 Å². The molecule has 0 radical (unpaired) electrons. The van der Waals surface area contributed by atoms with Crippen LogP contribution in [0.3, 0.4) is 0 Å². The maximum absolute atomic E-state index is 13.2. The van der Waals surface area contributed by atoms with Gasteiger partial charge >= 0.3 is 0 Å². The first kappa shape index (κ1) is 19.1. The predicted octanol–water partition coefficient (Wildman–Crippen LogP) is 3.87. The molecule has 1 amide bonds. The van der Waals surface area contributed by atoms with E-state index in [2.05, 4.69) is 22.0 Å². The van der Waals surface area contributed by atoms with Gasteiger partial charge in [0, 0.05) is 31.6 Å². The fourth-order valence-corrected chi connectivity index (χ4v) is 3.96. The zero-order valence-electron chi connectivity index (χ0n) is 16.8. The van der Waals surface area contributed by atoms with E-state index in [0.29, 0.717) is 31.7 Å². The molecular weight excluding hydrogens is 360 g/mol. The lowest BCUT2D eigenvalue weighted by Gasteiger charge is -2.37. The van der Waals surface area contributed by atoms with Crippen LogP contribution in [0.5, 0.6) is 0 Å². The van der Waals surface area contributed by atoms with Gasteiger partial charge in [-0.15, -0.1) is 0 Å². The van der Waals surface area contributed by atoms with Crippen molar-refractivity contribution in [1.29, 1.82) is 5.26 Å². The number of nitrogens with zero attached hydrogens (tertiary/aromatic N) is 4. The van der Waals surface area contributed by atoms with E-state index in [1.807, 2.05) is 67.3 Å². The molecule has 2 aromatic carbocycles. The molecule has 4 rings (SSSR count). The number of carbonyl (C=O) groups is 1. The third-order valence-electron chi connectivity index (χ3n) is 5.60. The van der Waals surface area contributed by atoms with Gasteiger partial charge in [0.05, 0.1) is 22.8 Å². The SMILES string of the molecule is Cc1ccc2nc(C)c(C(=O)N3CCN([C@@H](C#N)c4ccccc4)CC3)cc2c1.